The number of carboxylic acids is 1. The Labute approximate surface area is 248 Å². The van der Waals surface area contributed by atoms with Gasteiger partial charge in [-0.25, -0.2) is 9.37 Å². The largest absolute Gasteiger partial charge is 0.496 e. The van der Waals surface area contributed by atoms with Crippen LogP contribution in [-0.4, -0.2) is 73.2 Å². The number of rotatable bonds is 13. The molecule has 0 aliphatic carbocycles. The fraction of sp³-hybridized carbons (Fsp3) is 0.636. The van der Waals surface area contributed by atoms with Gasteiger partial charge in [-0.05, 0) is 76.0 Å². The summed E-state index contributed by atoms with van der Waals surface area (Å²) in [6.45, 7) is 5.67. The first-order valence-corrected chi connectivity index (χ1v) is 15.6. The second kappa shape index (κ2) is 14.6. The highest BCUT2D eigenvalue weighted by atomic mass is 19.1. The van der Waals surface area contributed by atoms with Crippen LogP contribution in [0.4, 0.5) is 10.2 Å². The minimum atomic E-state index is -0.953. The van der Waals surface area contributed by atoms with Crippen molar-refractivity contribution in [3.8, 4) is 5.75 Å². The third-order valence-corrected chi connectivity index (χ3v) is 9.02. The van der Waals surface area contributed by atoms with E-state index in [2.05, 4.69) is 5.32 Å². The van der Waals surface area contributed by atoms with Crippen LogP contribution in [0.15, 0.2) is 24.3 Å². The first-order chi connectivity index (χ1) is 20.4. The highest BCUT2D eigenvalue weighted by Crippen LogP contribution is 2.35. The van der Waals surface area contributed by atoms with Crippen LogP contribution in [0.25, 0.3) is 0 Å². The number of fused-ring (bicyclic) bond motifs is 1. The second-order valence-electron chi connectivity index (χ2n) is 12.0. The monoisotopic (exact) mass is 583 g/mol. The number of hydrogen-bond donors (Lipinski definition) is 2. The molecule has 0 amide bonds. The van der Waals surface area contributed by atoms with Crippen molar-refractivity contribution in [2.24, 2.45) is 5.92 Å². The lowest BCUT2D eigenvalue weighted by Gasteiger charge is -2.28. The van der Waals surface area contributed by atoms with E-state index in [1.165, 1.54) is 0 Å². The number of nitrogens with one attached hydrogen (secondary N) is 1. The molecule has 3 aliphatic rings. The fourth-order valence-corrected chi connectivity index (χ4v) is 6.63. The number of nitrogens with zero attached hydrogens (tertiary/aromatic N) is 2. The first kappa shape index (κ1) is 30.7. The fourth-order valence-electron chi connectivity index (χ4n) is 6.63. The third kappa shape index (κ3) is 7.60. The highest BCUT2D eigenvalue weighted by molar-refractivity contribution is 5.76. The summed E-state index contributed by atoms with van der Waals surface area (Å²) >= 11 is 0. The molecule has 42 heavy (non-hydrogen) atoms. The number of benzene rings is 1. The number of carbonyl (C=O) groups is 1. The zero-order valence-corrected chi connectivity index (χ0v) is 25.1. The number of aliphatic carboxylic acids is 1. The van der Waals surface area contributed by atoms with Crippen LogP contribution in [0, 0.1) is 12.8 Å². The molecular formula is C33H46FN3O5. The van der Waals surface area contributed by atoms with Crippen molar-refractivity contribution in [1.82, 2.24) is 9.88 Å². The third-order valence-electron chi connectivity index (χ3n) is 9.02. The zero-order chi connectivity index (χ0) is 29.5. The Hall–Kier alpha value is -2.75. The predicted octanol–water partition coefficient (Wildman–Crippen LogP) is 5.65. The summed E-state index contributed by atoms with van der Waals surface area (Å²) in [5.41, 5.74) is 4.77. The molecule has 230 valence electrons. The number of anilines is 1. The Bertz CT molecular complexity index is 1190. The number of methoxy groups -OCH3 is 1. The number of halogens is 1. The summed E-state index contributed by atoms with van der Waals surface area (Å²) in [5.74, 6) is 0.748. The molecule has 4 heterocycles. The molecule has 2 saturated heterocycles. The van der Waals surface area contributed by atoms with E-state index in [0.29, 0.717) is 45.8 Å². The van der Waals surface area contributed by atoms with Gasteiger partial charge in [0.15, 0.2) is 0 Å². The summed E-state index contributed by atoms with van der Waals surface area (Å²) < 4.78 is 32.6. The Morgan fingerprint density at radius 3 is 2.86 bits per heavy atom. The summed E-state index contributed by atoms with van der Waals surface area (Å²) in [6, 6.07) is 7.15. The van der Waals surface area contributed by atoms with Crippen molar-refractivity contribution in [1.29, 1.82) is 0 Å². The average molecular weight is 584 g/mol. The van der Waals surface area contributed by atoms with Gasteiger partial charge in [-0.1, -0.05) is 30.2 Å². The summed E-state index contributed by atoms with van der Waals surface area (Å²) in [4.78, 5) is 19.3. The van der Waals surface area contributed by atoms with E-state index >= 15 is 4.39 Å². The standard InChI is InChI=1S/C33H46FN3O5/c1-22-9-10-24(21-42-26-12-16-41-17-13-26)28(18-22)31(33(38)39)37-15-11-23(20-37)29(34)8-4-3-6-25-19-30(40-2)27-7-5-14-35-32(27)36-25/h9-10,18-19,23,26,29,31H,3-8,11-17,20-21H2,1-2H3,(H,35,36)(H,38,39)/t23?,29-,31+/m0/s1. The van der Waals surface area contributed by atoms with E-state index in [0.717, 1.165) is 91.0 Å². The lowest BCUT2D eigenvalue weighted by atomic mass is 9.96. The maximum atomic E-state index is 15.4. The van der Waals surface area contributed by atoms with Crippen LogP contribution in [0.1, 0.15) is 78.9 Å². The summed E-state index contributed by atoms with van der Waals surface area (Å²) in [5, 5.41) is 13.7. The van der Waals surface area contributed by atoms with Gasteiger partial charge in [0.25, 0.3) is 0 Å². The summed E-state index contributed by atoms with van der Waals surface area (Å²) in [6.07, 6.45) is 6.46. The van der Waals surface area contributed by atoms with Gasteiger partial charge in [0, 0.05) is 49.5 Å². The number of ether oxygens (including phenoxy) is 3. The normalized spacial score (nSPS) is 21.0. The predicted molar refractivity (Wildman–Crippen MR) is 160 cm³/mol. The van der Waals surface area contributed by atoms with Crippen LogP contribution in [0.2, 0.25) is 0 Å². The smallest absolute Gasteiger partial charge is 0.325 e. The van der Waals surface area contributed by atoms with Gasteiger partial charge in [0.1, 0.15) is 23.8 Å². The van der Waals surface area contributed by atoms with E-state index in [9.17, 15) is 9.90 Å². The van der Waals surface area contributed by atoms with Gasteiger partial charge >= 0.3 is 5.97 Å². The zero-order valence-electron chi connectivity index (χ0n) is 25.1. The van der Waals surface area contributed by atoms with E-state index in [1.807, 2.05) is 36.1 Å². The van der Waals surface area contributed by atoms with Crippen LogP contribution < -0.4 is 10.1 Å². The molecule has 2 fully saturated rings. The molecule has 2 N–H and O–H groups in total. The van der Waals surface area contributed by atoms with E-state index in [1.54, 1.807) is 7.11 Å². The molecule has 0 saturated carbocycles. The number of unbranched alkanes of at least 4 members (excludes halogenated alkanes) is 1. The molecule has 5 rings (SSSR count). The van der Waals surface area contributed by atoms with Gasteiger partial charge < -0.3 is 24.6 Å². The molecule has 8 nitrogen and oxygen atoms in total. The maximum absolute atomic E-state index is 15.4. The number of alkyl halides is 1. The van der Waals surface area contributed by atoms with Gasteiger partial charge in [0.2, 0.25) is 0 Å². The molecule has 1 aromatic carbocycles. The molecule has 0 radical (unpaired) electrons. The van der Waals surface area contributed by atoms with Gasteiger partial charge in [0.05, 0.1) is 19.8 Å². The van der Waals surface area contributed by atoms with E-state index < -0.39 is 18.2 Å². The topological polar surface area (TPSA) is 93.2 Å². The van der Waals surface area contributed by atoms with Gasteiger partial charge in [-0.3, -0.25) is 9.69 Å². The van der Waals surface area contributed by atoms with Crippen molar-refractivity contribution in [3.63, 3.8) is 0 Å². The lowest BCUT2D eigenvalue weighted by Crippen LogP contribution is -2.34. The number of pyridine rings is 1. The SMILES string of the molecule is COc1cc(CCCC[C@H](F)C2CCN([C@@H](C(=O)O)c3cc(C)ccc3COC3CCOCC3)C2)nc2c1CCCN2. The molecule has 2 aromatic rings. The molecule has 1 unspecified atom stereocenters. The number of aromatic nitrogens is 1. The molecule has 9 heteroatoms. The molecule has 0 bridgehead atoms. The quantitative estimate of drug-likeness (QED) is 0.292. The van der Waals surface area contributed by atoms with Crippen molar-refractivity contribution in [2.45, 2.75) is 89.6 Å². The molecular weight excluding hydrogens is 537 g/mol. The van der Waals surface area contributed by atoms with Crippen molar-refractivity contribution in [2.75, 3.05) is 45.3 Å². The van der Waals surface area contributed by atoms with E-state index in [-0.39, 0.29) is 12.0 Å². The minimum Gasteiger partial charge on any atom is -0.496 e. The van der Waals surface area contributed by atoms with E-state index in [4.69, 9.17) is 19.2 Å². The Morgan fingerprint density at radius 1 is 1.24 bits per heavy atom. The highest BCUT2D eigenvalue weighted by Gasteiger charge is 2.37. The second-order valence-corrected chi connectivity index (χ2v) is 12.0. The lowest BCUT2D eigenvalue weighted by molar-refractivity contribution is -0.143. The Kier molecular flexibility index (Phi) is 10.7. The van der Waals surface area contributed by atoms with Crippen molar-refractivity contribution in [3.05, 3.63) is 52.2 Å². The van der Waals surface area contributed by atoms with Crippen molar-refractivity contribution >= 4 is 11.8 Å². The average Bonchev–Trinajstić information content (AvgIpc) is 3.48. The molecule has 3 aliphatic heterocycles. The van der Waals surface area contributed by atoms with Crippen LogP contribution in [-0.2, 0) is 33.7 Å². The maximum Gasteiger partial charge on any atom is 0.325 e. The Morgan fingerprint density at radius 2 is 2.07 bits per heavy atom. The minimum absolute atomic E-state index is 0.126. The van der Waals surface area contributed by atoms with Crippen molar-refractivity contribution < 1.29 is 28.5 Å². The van der Waals surface area contributed by atoms with Gasteiger partial charge in [-0.15, -0.1) is 0 Å². The number of carboxylic acid groups (broad SMARTS) is 1. The molecule has 0 spiro atoms. The van der Waals surface area contributed by atoms with Crippen LogP contribution >= 0.6 is 0 Å². The summed E-state index contributed by atoms with van der Waals surface area (Å²) in [7, 11) is 1.70. The number of hydrogen-bond acceptors (Lipinski definition) is 7. The molecule has 1 aromatic heterocycles. The number of likely N-dealkylation sites (tertiary alicyclic amines) is 1. The van der Waals surface area contributed by atoms with Gasteiger partial charge in [-0.2, -0.15) is 0 Å². The molecule has 3 atom stereocenters. The van der Waals surface area contributed by atoms with Crippen LogP contribution in [0.3, 0.4) is 0 Å². The van der Waals surface area contributed by atoms with Crippen LogP contribution in [0.5, 0.6) is 5.75 Å². The Balaban J connectivity index is 1.15. The number of aryl methyl sites for hydroxylation is 2. The first-order valence-electron chi connectivity index (χ1n) is 15.6.